The highest BCUT2D eigenvalue weighted by molar-refractivity contribution is 5.82. The fourth-order valence-electron chi connectivity index (χ4n) is 3.33. The third kappa shape index (κ3) is 5.56. The van der Waals surface area contributed by atoms with Gasteiger partial charge < -0.3 is 15.2 Å². The number of amides is 1. The van der Waals surface area contributed by atoms with E-state index in [-0.39, 0.29) is 18.6 Å². The normalized spacial score (nSPS) is 16.8. The van der Waals surface area contributed by atoms with Crippen LogP contribution in [-0.2, 0) is 22.7 Å². The van der Waals surface area contributed by atoms with Gasteiger partial charge in [-0.2, -0.15) is 0 Å². The van der Waals surface area contributed by atoms with E-state index in [9.17, 15) is 9.59 Å². The summed E-state index contributed by atoms with van der Waals surface area (Å²) in [5.74, 6) is -0.510. The number of carbonyl (C=O) groups is 2. The van der Waals surface area contributed by atoms with Gasteiger partial charge in [-0.25, -0.2) is 4.79 Å². The van der Waals surface area contributed by atoms with Crippen LogP contribution in [0.15, 0.2) is 54.6 Å². The van der Waals surface area contributed by atoms with Crippen molar-refractivity contribution in [2.45, 2.75) is 32.0 Å². The average molecular weight is 368 g/mol. The molecule has 0 aromatic heterocycles. The molecule has 1 fully saturated rings. The molecule has 1 atom stereocenters. The van der Waals surface area contributed by atoms with Crippen LogP contribution in [0.4, 0.5) is 0 Å². The third-order valence-electron chi connectivity index (χ3n) is 4.62. The number of hydrogen-bond donors (Lipinski definition) is 2. The van der Waals surface area contributed by atoms with Gasteiger partial charge in [-0.15, -0.1) is 0 Å². The molecule has 142 valence electrons. The smallest absolute Gasteiger partial charge is 0.341 e. The van der Waals surface area contributed by atoms with Gasteiger partial charge in [0.15, 0.2) is 6.61 Å². The van der Waals surface area contributed by atoms with E-state index in [2.05, 4.69) is 22.3 Å². The third-order valence-corrected chi connectivity index (χ3v) is 4.62. The van der Waals surface area contributed by atoms with Crippen molar-refractivity contribution in [3.8, 4) is 5.75 Å². The Balaban J connectivity index is 1.54. The molecule has 6 nitrogen and oxygen atoms in total. The molecular weight excluding hydrogens is 344 g/mol. The van der Waals surface area contributed by atoms with E-state index in [0.29, 0.717) is 12.3 Å². The first-order valence-corrected chi connectivity index (χ1v) is 9.11. The van der Waals surface area contributed by atoms with Crippen LogP contribution < -0.4 is 10.1 Å². The lowest BCUT2D eigenvalue weighted by Gasteiger charge is -2.23. The fourth-order valence-corrected chi connectivity index (χ4v) is 3.33. The number of nitrogens with zero attached hydrogens (tertiary/aromatic N) is 1. The van der Waals surface area contributed by atoms with Gasteiger partial charge in [-0.05, 0) is 42.6 Å². The van der Waals surface area contributed by atoms with E-state index in [4.69, 9.17) is 9.84 Å². The van der Waals surface area contributed by atoms with Crippen LogP contribution in [0.5, 0.6) is 5.75 Å². The van der Waals surface area contributed by atoms with Crippen molar-refractivity contribution in [3.63, 3.8) is 0 Å². The maximum Gasteiger partial charge on any atom is 0.341 e. The molecule has 3 rings (SSSR count). The standard InChI is InChI=1S/C21H24N2O4/c24-20(25)15-27-18-9-4-8-17(12-18)13-22-21(26)19-10-5-11-23(19)14-16-6-2-1-3-7-16/h1-4,6-9,12,19H,5,10-11,13-15H2,(H,22,26)(H,24,25). The minimum absolute atomic E-state index is 0.0280. The molecule has 1 aliphatic rings. The first-order valence-electron chi connectivity index (χ1n) is 9.11. The summed E-state index contributed by atoms with van der Waals surface area (Å²) in [7, 11) is 0. The van der Waals surface area contributed by atoms with E-state index in [0.717, 1.165) is 31.5 Å². The molecule has 27 heavy (non-hydrogen) atoms. The lowest BCUT2D eigenvalue weighted by molar-refractivity contribution is -0.139. The number of aliphatic carboxylic acids is 1. The maximum absolute atomic E-state index is 12.7. The van der Waals surface area contributed by atoms with Crippen molar-refractivity contribution >= 4 is 11.9 Å². The van der Waals surface area contributed by atoms with Crippen molar-refractivity contribution in [1.82, 2.24) is 10.2 Å². The Morgan fingerprint density at radius 1 is 1.11 bits per heavy atom. The number of carbonyl (C=O) groups excluding carboxylic acids is 1. The zero-order chi connectivity index (χ0) is 19.1. The molecule has 2 aromatic carbocycles. The number of likely N-dealkylation sites (tertiary alicyclic amines) is 1. The molecule has 1 aliphatic heterocycles. The van der Waals surface area contributed by atoms with Gasteiger partial charge in [0.1, 0.15) is 5.75 Å². The summed E-state index contributed by atoms with van der Waals surface area (Å²) < 4.78 is 5.18. The summed E-state index contributed by atoms with van der Waals surface area (Å²) in [6.07, 6.45) is 1.88. The van der Waals surface area contributed by atoms with Crippen molar-refractivity contribution in [2.24, 2.45) is 0 Å². The molecule has 2 aromatic rings. The summed E-state index contributed by atoms with van der Waals surface area (Å²) in [6, 6.07) is 17.2. The van der Waals surface area contributed by atoms with Gasteiger partial charge in [0, 0.05) is 13.1 Å². The number of ether oxygens (including phenoxy) is 1. The first-order chi connectivity index (χ1) is 13.1. The van der Waals surface area contributed by atoms with E-state index in [1.54, 1.807) is 18.2 Å². The highest BCUT2D eigenvalue weighted by atomic mass is 16.5. The molecule has 0 saturated carbocycles. The van der Waals surface area contributed by atoms with E-state index < -0.39 is 5.97 Å². The lowest BCUT2D eigenvalue weighted by atomic mass is 10.1. The minimum atomic E-state index is -1.02. The van der Waals surface area contributed by atoms with Crippen LogP contribution in [0, 0.1) is 0 Å². The predicted molar refractivity (Wildman–Crippen MR) is 101 cm³/mol. The van der Waals surface area contributed by atoms with Gasteiger partial charge in [-0.3, -0.25) is 9.69 Å². The van der Waals surface area contributed by atoms with Crippen LogP contribution in [-0.4, -0.2) is 41.1 Å². The average Bonchev–Trinajstić information content (AvgIpc) is 3.14. The summed E-state index contributed by atoms with van der Waals surface area (Å²) in [4.78, 5) is 25.5. The van der Waals surface area contributed by atoms with Crippen molar-refractivity contribution in [1.29, 1.82) is 0 Å². The van der Waals surface area contributed by atoms with Crippen molar-refractivity contribution < 1.29 is 19.4 Å². The van der Waals surface area contributed by atoms with Gasteiger partial charge in [-0.1, -0.05) is 42.5 Å². The summed E-state index contributed by atoms with van der Waals surface area (Å²) in [5, 5.41) is 11.7. The lowest BCUT2D eigenvalue weighted by Crippen LogP contribution is -2.42. The van der Waals surface area contributed by atoms with Gasteiger partial charge >= 0.3 is 5.97 Å². The molecule has 2 N–H and O–H groups in total. The van der Waals surface area contributed by atoms with Crippen LogP contribution in [0.2, 0.25) is 0 Å². The van der Waals surface area contributed by atoms with Crippen LogP contribution in [0.25, 0.3) is 0 Å². The van der Waals surface area contributed by atoms with Crippen LogP contribution in [0.1, 0.15) is 24.0 Å². The fraction of sp³-hybridized carbons (Fsp3) is 0.333. The number of rotatable bonds is 8. The molecule has 1 amide bonds. The number of nitrogens with one attached hydrogen (secondary N) is 1. The maximum atomic E-state index is 12.7. The topological polar surface area (TPSA) is 78.9 Å². The quantitative estimate of drug-likeness (QED) is 0.748. The second kappa shape index (κ2) is 9.19. The molecule has 0 bridgehead atoms. The first kappa shape index (κ1) is 18.9. The Hall–Kier alpha value is -2.86. The van der Waals surface area contributed by atoms with Gasteiger partial charge in [0.25, 0.3) is 0 Å². The van der Waals surface area contributed by atoms with Crippen molar-refractivity contribution in [3.05, 3.63) is 65.7 Å². The summed E-state index contributed by atoms with van der Waals surface area (Å²) in [5.41, 5.74) is 2.08. The van der Waals surface area contributed by atoms with Crippen LogP contribution >= 0.6 is 0 Å². The SMILES string of the molecule is O=C(O)COc1cccc(CNC(=O)C2CCCN2Cc2ccccc2)c1. The molecule has 1 saturated heterocycles. The highest BCUT2D eigenvalue weighted by Gasteiger charge is 2.30. The molecule has 6 heteroatoms. The van der Waals surface area contributed by atoms with Gasteiger partial charge in [0.05, 0.1) is 6.04 Å². The zero-order valence-corrected chi connectivity index (χ0v) is 15.1. The van der Waals surface area contributed by atoms with E-state index >= 15 is 0 Å². The second-order valence-corrected chi connectivity index (χ2v) is 6.66. The van der Waals surface area contributed by atoms with Crippen molar-refractivity contribution in [2.75, 3.05) is 13.2 Å². The Kier molecular flexibility index (Phi) is 6.44. The van der Waals surface area contributed by atoms with E-state index in [1.165, 1.54) is 5.56 Å². The van der Waals surface area contributed by atoms with E-state index in [1.807, 2.05) is 24.3 Å². The predicted octanol–water partition coefficient (Wildman–Crippen LogP) is 2.43. The molecule has 0 radical (unpaired) electrons. The molecular formula is C21H24N2O4. The Morgan fingerprint density at radius 3 is 2.67 bits per heavy atom. The Morgan fingerprint density at radius 2 is 1.89 bits per heavy atom. The number of hydrogen-bond acceptors (Lipinski definition) is 4. The zero-order valence-electron chi connectivity index (χ0n) is 15.1. The molecule has 0 aliphatic carbocycles. The number of benzene rings is 2. The summed E-state index contributed by atoms with van der Waals surface area (Å²) >= 11 is 0. The molecule has 1 heterocycles. The Labute approximate surface area is 158 Å². The highest BCUT2D eigenvalue weighted by Crippen LogP contribution is 2.20. The monoisotopic (exact) mass is 368 g/mol. The molecule has 1 unspecified atom stereocenters. The summed E-state index contributed by atoms with van der Waals surface area (Å²) in [6.45, 7) is 1.70. The largest absolute Gasteiger partial charge is 0.482 e. The second-order valence-electron chi connectivity index (χ2n) is 6.66. The number of carboxylic acid groups (broad SMARTS) is 1. The Bertz CT molecular complexity index is 779. The van der Waals surface area contributed by atoms with Crippen LogP contribution in [0.3, 0.4) is 0 Å². The molecule has 0 spiro atoms. The van der Waals surface area contributed by atoms with Gasteiger partial charge in [0.2, 0.25) is 5.91 Å². The number of carboxylic acids is 1. The minimum Gasteiger partial charge on any atom is -0.482 e.